The molecule has 3 N–H and O–H groups in total. The Hall–Kier alpha value is -2.82. The molecule has 0 radical (unpaired) electrons. The summed E-state index contributed by atoms with van der Waals surface area (Å²) in [5.74, 6) is -2.62. The summed E-state index contributed by atoms with van der Waals surface area (Å²) in [7, 11) is 0. The number of carboxylic acids is 1. The van der Waals surface area contributed by atoms with Crippen LogP contribution in [0.2, 0.25) is 0 Å². The number of carboxylic acid groups (broad SMARTS) is 1. The number of hydrogen-bond donors (Lipinski definition) is 3. The molecule has 3 amide bonds. The fraction of sp³-hybridized carbons (Fsp3) is 0.556. The highest BCUT2D eigenvalue weighted by atomic mass is 32.1. The van der Waals surface area contributed by atoms with Gasteiger partial charge in [-0.05, 0) is 33.6 Å². The monoisotopic (exact) mass is 424 g/mol. The van der Waals surface area contributed by atoms with E-state index in [1.165, 1.54) is 23.2 Å². The van der Waals surface area contributed by atoms with Crippen molar-refractivity contribution < 1.29 is 29.1 Å². The van der Waals surface area contributed by atoms with E-state index in [-0.39, 0.29) is 0 Å². The van der Waals surface area contributed by atoms with E-state index >= 15 is 0 Å². The van der Waals surface area contributed by atoms with Crippen LogP contribution in [0.15, 0.2) is 0 Å². The number of amides is 3. The van der Waals surface area contributed by atoms with E-state index in [1.54, 1.807) is 13.8 Å². The Morgan fingerprint density at radius 3 is 2.55 bits per heavy atom. The van der Waals surface area contributed by atoms with E-state index < -0.39 is 48.2 Å². The molecule has 2 rings (SSSR count). The van der Waals surface area contributed by atoms with E-state index in [9.17, 15) is 24.0 Å². The lowest BCUT2D eigenvalue weighted by Crippen LogP contribution is -2.54. The molecule has 1 aliphatic rings. The number of rotatable bonds is 8. The summed E-state index contributed by atoms with van der Waals surface area (Å²) in [6.07, 6.45) is 0.803. The van der Waals surface area contributed by atoms with Crippen LogP contribution in [-0.2, 0) is 19.2 Å². The number of aliphatic carboxylic acids is 1. The van der Waals surface area contributed by atoms with Gasteiger partial charge in [0.2, 0.25) is 11.8 Å². The molecule has 1 saturated heterocycles. The molecule has 0 spiro atoms. The Bertz CT molecular complexity index is 823. The Kier molecular flexibility index (Phi) is 7.43. The van der Waals surface area contributed by atoms with Gasteiger partial charge < -0.3 is 25.4 Å². The van der Waals surface area contributed by atoms with Gasteiger partial charge in [0, 0.05) is 6.54 Å². The van der Waals surface area contributed by atoms with Gasteiger partial charge in [-0.1, -0.05) is 0 Å². The van der Waals surface area contributed by atoms with Gasteiger partial charge in [-0.15, -0.1) is 11.3 Å². The van der Waals surface area contributed by atoms with Crippen LogP contribution in [0.25, 0.3) is 0 Å². The standard InChI is InChI=1S/C18H24N4O6S/c1-9-15(29-11(3)19-9)17(27)20-10(2)18(28)22-6-4-5-13(22)16(26)21-12(8-23)7-14(24)25/h8,10,12-13H,4-7H2,1-3H3,(H,20,27)(H,21,26)(H,24,25)/t10?,12?,13-/m0/s1. The lowest BCUT2D eigenvalue weighted by molar-refractivity contribution is -0.141. The summed E-state index contributed by atoms with van der Waals surface area (Å²) >= 11 is 1.23. The number of thiazole rings is 1. The van der Waals surface area contributed by atoms with Gasteiger partial charge in [-0.25, -0.2) is 4.98 Å². The number of aromatic nitrogens is 1. The van der Waals surface area contributed by atoms with Gasteiger partial charge in [0.25, 0.3) is 5.91 Å². The zero-order valence-corrected chi connectivity index (χ0v) is 17.2. The molecule has 1 aliphatic heterocycles. The molecule has 1 fully saturated rings. The minimum absolute atomic E-state index is 0.334. The van der Waals surface area contributed by atoms with Crippen LogP contribution in [0, 0.1) is 13.8 Å². The first-order valence-corrected chi connectivity index (χ1v) is 9.98. The van der Waals surface area contributed by atoms with Crippen molar-refractivity contribution in [3.8, 4) is 0 Å². The Morgan fingerprint density at radius 2 is 2.00 bits per heavy atom. The van der Waals surface area contributed by atoms with Crippen LogP contribution in [0.1, 0.15) is 46.6 Å². The molecular formula is C18H24N4O6S. The van der Waals surface area contributed by atoms with Crippen LogP contribution < -0.4 is 10.6 Å². The van der Waals surface area contributed by atoms with E-state index in [1.807, 2.05) is 0 Å². The Balaban J connectivity index is 2.01. The SMILES string of the molecule is Cc1nc(C)c(C(=O)NC(C)C(=O)N2CCC[C@H]2C(=O)NC(C=O)CC(=O)O)s1. The first kappa shape index (κ1) is 22.5. The predicted octanol–water partition coefficient (Wildman–Crippen LogP) is 0.0276. The summed E-state index contributed by atoms with van der Waals surface area (Å²) < 4.78 is 0. The van der Waals surface area contributed by atoms with Gasteiger partial charge in [-0.3, -0.25) is 19.2 Å². The molecular weight excluding hydrogens is 400 g/mol. The molecule has 10 nitrogen and oxygen atoms in total. The maximum Gasteiger partial charge on any atom is 0.305 e. The third-order valence-electron chi connectivity index (χ3n) is 4.55. The summed E-state index contributed by atoms with van der Waals surface area (Å²) in [6, 6.07) is -2.84. The van der Waals surface area contributed by atoms with Crippen LogP contribution in [0.4, 0.5) is 0 Å². The molecule has 11 heteroatoms. The molecule has 0 bridgehead atoms. The number of aldehydes is 1. The molecule has 2 unspecified atom stereocenters. The molecule has 0 saturated carbocycles. The van der Waals surface area contributed by atoms with Gasteiger partial charge >= 0.3 is 5.97 Å². The van der Waals surface area contributed by atoms with Crippen LogP contribution in [0.5, 0.6) is 0 Å². The van der Waals surface area contributed by atoms with Crippen molar-refractivity contribution in [2.75, 3.05) is 6.54 Å². The fourth-order valence-electron chi connectivity index (χ4n) is 3.22. The van der Waals surface area contributed by atoms with Crippen molar-refractivity contribution in [1.82, 2.24) is 20.5 Å². The van der Waals surface area contributed by atoms with Crippen molar-refractivity contribution in [2.24, 2.45) is 0 Å². The average molecular weight is 424 g/mol. The summed E-state index contributed by atoms with van der Waals surface area (Å²) in [5.41, 5.74) is 0.585. The predicted molar refractivity (Wildman–Crippen MR) is 103 cm³/mol. The second-order valence-electron chi connectivity index (χ2n) is 6.88. The van der Waals surface area contributed by atoms with Crippen molar-refractivity contribution in [1.29, 1.82) is 0 Å². The van der Waals surface area contributed by atoms with Gasteiger partial charge in [0.05, 0.1) is 23.2 Å². The molecule has 158 valence electrons. The second kappa shape index (κ2) is 9.59. The number of nitrogens with zero attached hydrogens (tertiary/aromatic N) is 2. The number of aryl methyl sites for hydroxylation is 2. The molecule has 2 heterocycles. The minimum Gasteiger partial charge on any atom is -0.481 e. The molecule has 0 aliphatic carbocycles. The van der Waals surface area contributed by atoms with Crippen LogP contribution >= 0.6 is 11.3 Å². The molecule has 1 aromatic rings. The van der Waals surface area contributed by atoms with E-state index in [0.29, 0.717) is 36.2 Å². The van der Waals surface area contributed by atoms with E-state index in [2.05, 4.69) is 15.6 Å². The third-order valence-corrected chi connectivity index (χ3v) is 5.62. The van der Waals surface area contributed by atoms with Crippen molar-refractivity contribution in [2.45, 2.75) is 58.2 Å². The fourth-order valence-corrected chi connectivity index (χ4v) is 4.04. The van der Waals surface area contributed by atoms with Crippen molar-refractivity contribution >= 4 is 41.3 Å². The highest BCUT2D eigenvalue weighted by Gasteiger charge is 2.37. The number of likely N-dealkylation sites (tertiary alicyclic amines) is 1. The van der Waals surface area contributed by atoms with E-state index in [0.717, 1.165) is 5.01 Å². The van der Waals surface area contributed by atoms with Gasteiger partial charge in [-0.2, -0.15) is 0 Å². The summed E-state index contributed by atoms with van der Waals surface area (Å²) in [5, 5.41) is 14.5. The normalized spacial score (nSPS) is 18.0. The van der Waals surface area contributed by atoms with E-state index in [4.69, 9.17) is 5.11 Å². The average Bonchev–Trinajstić information content (AvgIpc) is 3.26. The van der Waals surface area contributed by atoms with Gasteiger partial charge in [0.15, 0.2) is 0 Å². The number of carbonyl (C=O) groups is 5. The second-order valence-corrected chi connectivity index (χ2v) is 8.08. The highest BCUT2D eigenvalue weighted by Crippen LogP contribution is 2.20. The molecule has 3 atom stereocenters. The van der Waals surface area contributed by atoms with Crippen molar-refractivity contribution in [3.63, 3.8) is 0 Å². The third kappa shape index (κ3) is 5.59. The maximum absolute atomic E-state index is 12.8. The van der Waals surface area contributed by atoms with Crippen molar-refractivity contribution in [3.05, 3.63) is 15.6 Å². The quantitative estimate of drug-likeness (QED) is 0.499. The highest BCUT2D eigenvalue weighted by molar-refractivity contribution is 7.13. The number of nitrogens with one attached hydrogen (secondary N) is 2. The number of carbonyl (C=O) groups excluding carboxylic acids is 4. The van der Waals surface area contributed by atoms with Crippen LogP contribution in [0.3, 0.4) is 0 Å². The molecule has 29 heavy (non-hydrogen) atoms. The summed E-state index contributed by atoms with van der Waals surface area (Å²) in [4.78, 5) is 65.4. The zero-order valence-electron chi connectivity index (χ0n) is 16.4. The first-order chi connectivity index (χ1) is 13.6. The van der Waals surface area contributed by atoms with Gasteiger partial charge in [0.1, 0.15) is 23.2 Å². The molecule has 0 aromatic carbocycles. The topological polar surface area (TPSA) is 146 Å². The summed E-state index contributed by atoms with van der Waals surface area (Å²) in [6.45, 7) is 5.37. The largest absolute Gasteiger partial charge is 0.481 e. The lowest BCUT2D eigenvalue weighted by Gasteiger charge is -2.27. The van der Waals surface area contributed by atoms with Crippen LogP contribution in [-0.4, -0.2) is 69.6 Å². The Morgan fingerprint density at radius 1 is 1.31 bits per heavy atom. The lowest BCUT2D eigenvalue weighted by atomic mass is 10.1. The number of hydrogen-bond acceptors (Lipinski definition) is 7. The Labute approximate surface area is 171 Å². The first-order valence-electron chi connectivity index (χ1n) is 9.16. The molecule has 1 aromatic heterocycles. The zero-order chi connectivity index (χ0) is 21.7. The maximum atomic E-state index is 12.8. The smallest absolute Gasteiger partial charge is 0.305 e. The minimum atomic E-state index is -1.22.